The Morgan fingerprint density at radius 2 is 1.63 bits per heavy atom. The van der Waals surface area contributed by atoms with Gasteiger partial charge in [0.05, 0.1) is 27.7 Å². The quantitative estimate of drug-likeness (QED) is 0.287. The average molecular weight is 621 g/mol. The van der Waals surface area contributed by atoms with Crippen molar-refractivity contribution in [2.45, 2.75) is 57.1 Å². The van der Waals surface area contributed by atoms with Gasteiger partial charge >= 0.3 is 0 Å². The van der Waals surface area contributed by atoms with Crippen molar-refractivity contribution in [1.82, 2.24) is 10.2 Å². The van der Waals surface area contributed by atoms with E-state index in [1.165, 1.54) is 42.3 Å². The Labute approximate surface area is 252 Å². The number of anilines is 1. The molecule has 0 saturated heterocycles. The lowest BCUT2D eigenvalue weighted by Crippen LogP contribution is -2.55. The SMILES string of the molecule is CCC(C(=O)NC(C)(C)C)N(Cc1cccc(OC)c1)C(=O)CN(c1ccc(Cl)c(Cl)c1)S(=O)(=O)c1ccccc1. The fourth-order valence-electron chi connectivity index (χ4n) is 4.23. The molecule has 3 aromatic carbocycles. The normalized spacial score (nSPS) is 12.4. The molecule has 220 valence electrons. The summed E-state index contributed by atoms with van der Waals surface area (Å²) < 4.78 is 34.1. The highest BCUT2D eigenvalue weighted by Crippen LogP contribution is 2.31. The van der Waals surface area contributed by atoms with Gasteiger partial charge in [-0.1, -0.05) is 60.5 Å². The number of carbonyl (C=O) groups excluding carboxylic acids is 2. The molecule has 3 aromatic rings. The van der Waals surface area contributed by atoms with Gasteiger partial charge in [-0.15, -0.1) is 0 Å². The summed E-state index contributed by atoms with van der Waals surface area (Å²) in [5.74, 6) is -0.330. The van der Waals surface area contributed by atoms with Gasteiger partial charge in [0, 0.05) is 12.1 Å². The number of benzene rings is 3. The van der Waals surface area contributed by atoms with E-state index in [1.807, 2.05) is 26.8 Å². The van der Waals surface area contributed by atoms with Gasteiger partial charge in [0.25, 0.3) is 10.0 Å². The van der Waals surface area contributed by atoms with Gasteiger partial charge in [0.1, 0.15) is 18.3 Å². The minimum Gasteiger partial charge on any atom is -0.497 e. The maximum atomic E-state index is 14.1. The Hall–Kier alpha value is -3.27. The van der Waals surface area contributed by atoms with Crippen LogP contribution in [-0.4, -0.2) is 50.4 Å². The lowest BCUT2D eigenvalue weighted by molar-refractivity contribution is -0.141. The Morgan fingerprint density at radius 3 is 2.22 bits per heavy atom. The lowest BCUT2D eigenvalue weighted by atomic mass is 10.1. The molecular formula is C30H35Cl2N3O5S. The third kappa shape index (κ3) is 8.38. The smallest absolute Gasteiger partial charge is 0.264 e. The largest absolute Gasteiger partial charge is 0.497 e. The molecule has 0 saturated carbocycles. The van der Waals surface area contributed by atoms with E-state index in [0.717, 1.165) is 4.31 Å². The average Bonchev–Trinajstić information content (AvgIpc) is 2.92. The van der Waals surface area contributed by atoms with Crippen LogP contribution >= 0.6 is 23.2 Å². The van der Waals surface area contributed by atoms with Crippen molar-refractivity contribution in [2.24, 2.45) is 0 Å². The van der Waals surface area contributed by atoms with Crippen LogP contribution in [-0.2, 0) is 26.2 Å². The molecule has 0 spiro atoms. The molecule has 0 aliphatic carbocycles. The maximum Gasteiger partial charge on any atom is 0.264 e. The standard InChI is InChI=1S/C30H35Cl2N3O5S/c1-6-27(29(37)33-30(2,3)4)34(19-21-11-10-12-23(17-21)40-5)28(36)20-35(22-15-16-25(31)26(32)18-22)41(38,39)24-13-8-7-9-14-24/h7-18,27H,6,19-20H2,1-5H3,(H,33,37). The van der Waals surface area contributed by atoms with E-state index in [0.29, 0.717) is 17.7 Å². The summed E-state index contributed by atoms with van der Waals surface area (Å²) in [6.07, 6.45) is 0.301. The minimum atomic E-state index is -4.21. The zero-order valence-electron chi connectivity index (χ0n) is 23.7. The Morgan fingerprint density at radius 1 is 0.951 bits per heavy atom. The Kier molecular flexibility index (Phi) is 10.7. The first kappa shape index (κ1) is 32.2. The molecule has 1 atom stereocenters. The number of nitrogens with zero attached hydrogens (tertiary/aromatic N) is 2. The Balaban J connectivity index is 2.09. The first-order chi connectivity index (χ1) is 19.3. The van der Waals surface area contributed by atoms with E-state index in [4.69, 9.17) is 27.9 Å². The van der Waals surface area contributed by atoms with Gasteiger partial charge in [-0.05, 0) is 75.2 Å². The van der Waals surface area contributed by atoms with Crippen LogP contribution in [0.4, 0.5) is 5.69 Å². The van der Waals surface area contributed by atoms with E-state index < -0.39 is 34.1 Å². The molecule has 2 amide bonds. The summed E-state index contributed by atoms with van der Waals surface area (Å²) in [5, 5.41) is 3.32. The molecule has 0 bridgehead atoms. The summed E-state index contributed by atoms with van der Waals surface area (Å²) in [4.78, 5) is 28.9. The van der Waals surface area contributed by atoms with E-state index in [9.17, 15) is 18.0 Å². The molecule has 3 rings (SSSR count). The summed E-state index contributed by atoms with van der Waals surface area (Å²) in [6, 6.07) is 18.4. The van der Waals surface area contributed by atoms with Crippen molar-refractivity contribution >= 4 is 50.7 Å². The number of ether oxygens (including phenoxy) is 1. The van der Waals surface area contributed by atoms with Crippen LogP contribution in [0.25, 0.3) is 0 Å². The summed E-state index contributed by atoms with van der Waals surface area (Å²) in [5.41, 5.74) is 0.328. The number of carbonyl (C=O) groups is 2. The molecular weight excluding hydrogens is 585 g/mol. The van der Waals surface area contributed by atoms with Gasteiger partial charge in [0.15, 0.2) is 0 Å². The maximum absolute atomic E-state index is 14.1. The summed E-state index contributed by atoms with van der Waals surface area (Å²) in [7, 11) is -2.67. The van der Waals surface area contributed by atoms with Crippen LogP contribution in [0, 0.1) is 0 Å². The second-order valence-corrected chi connectivity index (χ2v) is 13.1. The highest BCUT2D eigenvalue weighted by Gasteiger charge is 2.34. The molecule has 0 aromatic heterocycles. The number of methoxy groups -OCH3 is 1. The summed E-state index contributed by atoms with van der Waals surface area (Å²) in [6.45, 7) is 6.82. The van der Waals surface area contributed by atoms with Crippen LogP contribution < -0.4 is 14.4 Å². The molecule has 11 heteroatoms. The van der Waals surface area contributed by atoms with Gasteiger partial charge in [-0.25, -0.2) is 8.42 Å². The molecule has 0 heterocycles. The van der Waals surface area contributed by atoms with Crippen molar-refractivity contribution in [1.29, 1.82) is 0 Å². The number of halogens is 2. The number of amides is 2. The van der Waals surface area contributed by atoms with Gasteiger partial charge in [-0.3, -0.25) is 13.9 Å². The fraction of sp³-hybridized carbons (Fsp3) is 0.333. The third-order valence-electron chi connectivity index (χ3n) is 6.17. The first-order valence-corrected chi connectivity index (χ1v) is 15.2. The third-order valence-corrected chi connectivity index (χ3v) is 8.70. The number of rotatable bonds is 11. The summed E-state index contributed by atoms with van der Waals surface area (Å²) >= 11 is 12.4. The monoisotopic (exact) mass is 619 g/mol. The fourth-order valence-corrected chi connectivity index (χ4v) is 5.95. The number of sulfonamides is 1. The zero-order valence-corrected chi connectivity index (χ0v) is 26.1. The van der Waals surface area contributed by atoms with Crippen LogP contribution in [0.5, 0.6) is 5.75 Å². The molecule has 8 nitrogen and oxygen atoms in total. The van der Waals surface area contributed by atoms with Crippen LogP contribution in [0.3, 0.4) is 0 Å². The van der Waals surface area contributed by atoms with E-state index in [2.05, 4.69) is 5.32 Å². The zero-order chi connectivity index (χ0) is 30.4. The molecule has 1 N–H and O–H groups in total. The van der Waals surface area contributed by atoms with Crippen LogP contribution in [0.1, 0.15) is 39.7 Å². The minimum absolute atomic E-state index is 0.00395. The van der Waals surface area contributed by atoms with Gasteiger partial charge in [-0.2, -0.15) is 0 Å². The number of nitrogens with one attached hydrogen (secondary N) is 1. The number of hydrogen-bond acceptors (Lipinski definition) is 5. The van der Waals surface area contributed by atoms with Crippen molar-refractivity contribution in [3.05, 3.63) is 88.4 Å². The van der Waals surface area contributed by atoms with Crippen LogP contribution in [0.2, 0.25) is 10.0 Å². The van der Waals surface area contributed by atoms with Crippen molar-refractivity contribution < 1.29 is 22.7 Å². The van der Waals surface area contributed by atoms with E-state index in [-0.39, 0.29) is 33.1 Å². The molecule has 0 fully saturated rings. The van der Waals surface area contributed by atoms with Crippen molar-refractivity contribution in [3.63, 3.8) is 0 Å². The molecule has 1 unspecified atom stereocenters. The highest BCUT2D eigenvalue weighted by molar-refractivity contribution is 7.92. The predicted molar refractivity (Wildman–Crippen MR) is 163 cm³/mol. The molecule has 0 aliphatic rings. The van der Waals surface area contributed by atoms with E-state index >= 15 is 0 Å². The van der Waals surface area contributed by atoms with Crippen molar-refractivity contribution in [3.8, 4) is 5.75 Å². The molecule has 0 aliphatic heterocycles. The Bertz CT molecular complexity index is 1480. The number of hydrogen-bond donors (Lipinski definition) is 1. The van der Waals surface area contributed by atoms with E-state index in [1.54, 1.807) is 43.3 Å². The van der Waals surface area contributed by atoms with Gasteiger partial charge < -0.3 is 15.0 Å². The predicted octanol–water partition coefficient (Wildman–Crippen LogP) is 5.92. The topological polar surface area (TPSA) is 96.0 Å². The van der Waals surface area contributed by atoms with Crippen molar-refractivity contribution in [2.75, 3.05) is 18.0 Å². The second kappa shape index (κ2) is 13.6. The molecule has 41 heavy (non-hydrogen) atoms. The molecule has 0 radical (unpaired) electrons. The highest BCUT2D eigenvalue weighted by atomic mass is 35.5. The second-order valence-electron chi connectivity index (χ2n) is 10.5. The van der Waals surface area contributed by atoms with Gasteiger partial charge in [0.2, 0.25) is 11.8 Å². The first-order valence-electron chi connectivity index (χ1n) is 13.0. The lowest BCUT2D eigenvalue weighted by Gasteiger charge is -2.35. The van der Waals surface area contributed by atoms with Crippen LogP contribution in [0.15, 0.2) is 77.7 Å².